The highest BCUT2D eigenvalue weighted by molar-refractivity contribution is 6.31. The smallest absolute Gasteiger partial charge is 0.160 e. The number of hydrogen-bond donors (Lipinski definition) is 0. The molecule has 0 spiro atoms. The largest absolute Gasteiger partial charge is 0.309 e. The van der Waals surface area contributed by atoms with E-state index in [9.17, 15) is 0 Å². The van der Waals surface area contributed by atoms with E-state index in [1.165, 1.54) is 5.56 Å². The standard InChI is InChI=1S/C16H15Cl2N3/c1-11(7-12-5-3-2-4-6-12)21-15(9-17)20-14-8-13(18)10-19-16(14)21/h2-6,8,10-11H,7,9H2,1H3. The highest BCUT2D eigenvalue weighted by atomic mass is 35.5. The van der Waals surface area contributed by atoms with Gasteiger partial charge in [0.05, 0.1) is 10.9 Å². The van der Waals surface area contributed by atoms with Crippen molar-refractivity contribution < 1.29 is 0 Å². The summed E-state index contributed by atoms with van der Waals surface area (Å²) >= 11 is 12.0. The average Bonchev–Trinajstić information content (AvgIpc) is 2.85. The first-order valence-electron chi connectivity index (χ1n) is 6.81. The SMILES string of the molecule is CC(Cc1ccccc1)n1c(CCl)nc2cc(Cl)cnc21. The lowest BCUT2D eigenvalue weighted by Crippen LogP contribution is -2.11. The first-order chi connectivity index (χ1) is 10.2. The summed E-state index contributed by atoms with van der Waals surface area (Å²) in [5.74, 6) is 1.18. The van der Waals surface area contributed by atoms with Gasteiger partial charge < -0.3 is 4.57 Å². The molecule has 108 valence electrons. The minimum Gasteiger partial charge on any atom is -0.309 e. The minimum absolute atomic E-state index is 0.222. The molecule has 0 aliphatic heterocycles. The maximum absolute atomic E-state index is 6.05. The molecule has 0 amide bonds. The number of alkyl halides is 1. The number of aromatic nitrogens is 3. The molecule has 21 heavy (non-hydrogen) atoms. The van der Waals surface area contributed by atoms with E-state index < -0.39 is 0 Å². The van der Waals surface area contributed by atoms with E-state index in [0.29, 0.717) is 10.9 Å². The Bertz CT molecular complexity index is 753. The van der Waals surface area contributed by atoms with E-state index in [-0.39, 0.29) is 6.04 Å². The Morgan fingerprint density at radius 2 is 2.00 bits per heavy atom. The molecule has 3 aromatic rings. The van der Waals surface area contributed by atoms with Crippen molar-refractivity contribution in [2.75, 3.05) is 0 Å². The number of benzene rings is 1. The van der Waals surface area contributed by atoms with E-state index in [0.717, 1.165) is 23.4 Å². The van der Waals surface area contributed by atoms with Crippen molar-refractivity contribution in [3.63, 3.8) is 0 Å². The molecule has 0 saturated heterocycles. The Morgan fingerprint density at radius 1 is 1.24 bits per heavy atom. The molecule has 0 bridgehead atoms. The maximum atomic E-state index is 6.05. The Kier molecular flexibility index (Phi) is 4.13. The van der Waals surface area contributed by atoms with Crippen molar-refractivity contribution in [2.45, 2.75) is 25.3 Å². The molecule has 0 aliphatic carbocycles. The van der Waals surface area contributed by atoms with E-state index in [2.05, 4.69) is 45.7 Å². The Hall–Kier alpha value is -1.58. The zero-order chi connectivity index (χ0) is 14.8. The van der Waals surface area contributed by atoms with Crippen molar-refractivity contribution in [2.24, 2.45) is 0 Å². The summed E-state index contributed by atoms with van der Waals surface area (Å²) in [4.78, 5) is 8.96. The molecule has 0 radical (unpaired) electrons. The van der Waals surface area contributed by atoms with E-state index >= 15 is 0 Å². The monoisotopic (exact) mass is 319 g/mol. The van der Waals surface area contributed by atoms with Gasteiger partial charge in [-0.1, -0.05) is 41.9 Å². The zero-order valence-corrected chi connectivity index (χ0v) is 13.1. The lowest BCUT2D eigenvalue weighted by molar-refractivity contribution is 0.540. The predicted octanol–water partition coefficient (Wildman–Crippen LogP) is 4.63. The van der Waals surface area contributed by atoms with Gasteiger partial charge in [-0.2, -0.15) is 0 Å². The number of pyridine rings is 1. The number of nitrogens with zero attached hydrogens (tertiary/aromatic N) is 3. The molecule has 0 N–H and O–H groups in total. The fourth-order valence-corrected chi connectivity index (χ4v) is 2.95. The van der Waals surface area contributed by atoms with Crippen molar-refractivity contribution in [1.29, 1.82) is 0 Å². The van der Waals surface area contributed by atoms with Crippen LogP contribution in [0.5, 0.6) is 0 Å². The van der Waals surface area contributed by atoms with Crippen LogP contribution in [0.4, 0.5) is 0 Å². The van der Waals surface area contributed by atoms with Crippen LogP contribution in [0, 0.1) is 0 Å². The van der Waals surface area contributed by atoms with Gasteiger partial charge in [0.1, 0.15) is 11.3 Å². The van der Waals surface area contributed by atoms with Crippen LogP contribution in [0.2, 0.25) is 5.02 Å². The molecule has 1 unspecified atom stereocenters. The summed E-state index contributed by atoms with van der Waals surface area (Å²) in [6.45, 7) is 2.15. The van der Waals surface area contributed by atoms with E-state index in [4.69, 9.17) is 23.2 Å². The Morgan fingerprint density at radius 3 is 2.71 bits per heavy atom. The molecule has 2 aromatic heterocycles. The number of fused-ring (bicyclic) bond motifs is 1. The Labute approximate surface area is 133 Å². The van der Waals surface area contributed by atoms with Crippen LogP contribution in [0.25, 0.3) is 11.2 Å². The van der Waals surface area contributed by atoms with E-state index in [1.54, 1.807) is 6.20 Å². The van der Waals surface area contributed by atoms with Gasteiger partial charge >= 0.3 is 0 Å². The molecule has 1 aromatic carbocycles. The summed E-state index contributed by atoms with van der Waals surface area (Å²) < 4.78 is 2.10. The first-order valence-corrected chi connectivity index (χ1v) is 7.72. The summed E-state index contributed by atoms with van der Waals surface area (Å²) in [5.41, 5.74) is 2.90. The molecule has 3 nitrogen and oxygen atoms in total. The molecular formula is C16H15Cl2N3. The second-order valence-electron chi connectivity index (χ2n) is 5.07. The third-order valence-corrected chi connectivity index (χ3v) is 3.95. The fourth-order valence-electron chi connectivity index (χ4n) is 2.61. The van der Waals surface area contributed by atoms with Crippen LogP contribution in [0.15, 0.2) is 42.6 Å². The summed E-state index contributed by atoms with van der Waals surface area (Å²) in [7, 11) is 0. The molecule has 1 atom stereocenters. The molecular weight excluding hydrogens is 305 g/mol. The first kappa shape index (κ1) is 14.4. The van der Waals surface area contributed by atoms with Crippen LogP contribution in [0.1, 0.15) is 24.4 Å². The molecule has 5 heteroatoms. The van der Waals surface area contributed by atoms with Crippen molar-refractivity contribution in [3.8, 4) is 0 Å². The average molecular weight is 320 g/mol. The number of rotatable bonds is 4. The molecule has 0 saturated carbocycles. The van der Waals surface area contributed by atoms with Crippen molar-refractivity contribution in [1.82, 2.24) is 14.5 Å². The second-order valence-corrected chi connectivity index (χ2v) is 5.77. The van der Waals surface area contributed by atoms with Gasteiger partial charge in [-0.05, 0) is 25.0 Å². The van der Waals surface area contributed by atoms with E-state index in [1.807, 2.05) is 12.1 Å². The lowest BCUT2D eigenvalue weighted by Gasteiger charge is -2.16. The normalized spacial score (nSPS) is 12.7. The van der Waals surface area contributed by atoms with Gasteiger partial charge in [-0.3, -0.25) is 0 Å². The summed E-state index contributed by atoms with van der Waals surface area (Å²) in [5, 5.41) is 0.587. The van der Waals surface area contributed by atoms with Gasteiger partial charge in [-0.25, -0.2) is 9.97 Å². The van der Waals surface area contributed by atoms with Crippen molar-refractivity contribution >= 4 is 34.4 Å². The van der Waals surface area contributed by atoms with Crippen LogP contribution >= 0.6 is 23.2 Å². The van der Waals surface area contributed by atoms with Gasteiger partial charge in [-0.15, -0.1) is 11.6 Å². The molecule has 3 rings (SSSR count). The third kappa shape index (κ3) is 2.89. The van der Waals surface area contributed by atoms with Gasteiger partial charge in [0.15, 0.2) is 5.65 Å². The topological polar surface area (TPSA) is 30.7 Å². The number of halogens is 2. The second kappa shape index (κ2) is 6.04. The van der Waals surface area contributed by atoms with Crippen LogP contribution in [-0.4, -0.2) is 14.5 Å². The van der Waals surface area contributed by atoms with Gasteiger partial charge in [0, 0.05) is 12.2 Å². The number of hydrogen-bond acceptors (Lipinski definition) is 2. The predicted molar refractivity (Wildman–Crippen MR) is 87.0 cm³/mol. The molecule has 0 aliphatic rings. The maximum Gasteiger partial charge on any atom is 0.160 e. The lowest BCUT2D eigenvalue weighted by atomic mass is 10.1. The number of imidazole rings is 1. The van der Waals surface area contributed by atoms with Crippen molar-refractivity contribution in [3.05, 3.63) is 59.0 Å². The fraction of sp³-hybridized carbons (Fsp3) is 0.250. The van der Waals surface area contributed by atoms with Gasteiger partial charge in [0.2, 0.25) is 0 Å². The molecule has 2 heterocycles. The summed E-state index contributed by atoms with van der Waals surface area (Å²) in [6.07, 6.45) is 2.55. The van der Waals surface area contributed by atoms with Crippen LogP contribution in [-0.2, 0) is 12.3 Å². The zero-order valence-electron chi connectivity index (χ0n) is 11.6. The summed E-state index contributed by atoms with van der Waals surface area (Å²) in [6, 6.07) is 12.4. The highest BCUT2D eigenvalue weighted by Crippen LogP contribution is 2.25. The highest BCUT2D eigenvalue weighted by Gasteiger charge is 2.17. The minimum atomic E-state index is 0.222. The van der Waals surface area contributed by atoms with Crippen LogP contribution in [0.3, 0.4) is 0 Å². The van der Waals surface area contributed by atoms with Crippen LogP contribution < -0.4 is 0 Å². The quantitative estimate of drug-likeness (QED) is 0.656. The van der Waals surface area contributed by atoms with Gasteiger partial charge in [0.25, 0.3) is 0 Å². The molecule has 0 fully saturated rings. The third-order valence-electron chi connectivity index (χ3n) is 3.50. The Balaban J connectivity index is 2.02.